The summed E-state index contributed by atoms with van der Waals surface area (Å²) >= 11 is 0. The van der Waals surface area contributed by atoms with Crippen LogP contribution in [-0.2, 0) is 9.84 Å². The molecule has 1 amide bonds. The average Bonchev–Trinajstić information content (AvgIpc) is 3.59. The fourth-order valence-electron chi connectivity index (χ4n) is 4.69. The summed E-state index contributed by atoms with van der Waals surface area (Å²) < 4.78 is 63.0. The molecule has 4 atom stereocenters. The molecule has 4 rings (SSSR count). The summed E-state index contributed by atoms with van der Waals surface area (Å²) in [5.41, 5.74) is 0.345. The van der Waals surface area contributed by atoms with Gasteiger partial charge in [0.1, 0.15) is 5.56 Å². The third-order valence-electron chi connectivity index (χ3n) is 6.88. The number of primary amides is 1. The van der Waals surface area contributed by atoms with Crippen LogP contribution < -0.4 is 16.4 Å². The Bertz CT molecular complexity index is 1270. The van der Waals surface area contributed by atoms with Crippen LogP contribution in [0, 0.1) is 23.2 Å². The van der Waals surface area contributed by atoms with Gasteiger partial charge in [0, 0.05) is 24.0 Å². The number of aromatic nitrogens is 2. The first-order valence-corrected chi connectivity index (χ1v) is 13.1. The summed E-state index contributed by atoms with van der Waals surface area (Å²) in [7, 11) is -5.48. The Labute approximate surface area is 206 Å². The van der Waals surface area contributed by atoms with Crippen LogP contribution in [0.1, 0.15) is 55.4 Å². The number of rotatable bonds is 8. The van der Waals surface area contributed by atoms with Gasteiger partial charge in [0.25, 0.3) is 15.7 Å². The minimum atomic E-state index is -5.48. The van der Waals surface area contributed by atoms with Crippen molar-refractivity contribution in [3.8, 4) is 6.07 Å². The van der Waals surface area contributed by atoms with Crippen molar-refractivity contribution in [3.05, 3.63) is 36.0 Å². The van der Waals surface area contributed by atoms with Gasteiger partial charge in [-0.05, 0) is 69.2 Å². The van der Waals surface area contributed by atoms with Crippen LogP contribution in [-0.4, -0.2) is 41.7 Å². The van der Waals surface area contributed by atoms with E-state index in [1.54, 1.807) is 4.68 Å². The van der Waals surface area contributed by atoms with Crippen molar-refractivity contribution < 1.29 is 26.4 Å². The molecule has 1 aromatic carbocycles. The fourth-order valence-corrected chi connectivity index (χ4v) is 5.45. The molecule has 0 unspecified atom stereocenters. The molecule has 2 aliphatic rings. The Morgan fingerprint density at radius 2 is 1.89 bits per heavy atom. The van der Waals surface area contributed by atoms with Gasteiger partial charge in [0.2, 0.25) is 0 Å². The van der Waals surface area contributed by atoms with E-state index in [1.807, 2.05) is 0 Å². The number of amides is 1. The summed E-state index contributed by atoms with van der Waals surface area (Å²) in [6.45, 7) is 2.17. The average molecular weight is 525 g/mol. The van der Waals surface area contributed by atoms with Gasteiger partial charge in [0.15, 0.2) is 5.82 Å². The van der Waals surface area contributed by atoms with Gasteiger partial charge in [-0.2, -0.15) is 23.5 Å². The van der Waals surface area contributed by atoms with Crippen molar-refractivity contribution >= 4 is 27.2 Å². The lowest BCUT2D eigenvalue weighted by atomic mass is 9.82. The third kappa shape index (κ3) is 5.34. The molecular formula is C23H27F3N6O3S. The molecule has 194 valence electrons. The highest BCUT2D eigenvalue weighted by Gasteiger charge is 2.46. The summed E-state index contributed by atoms with van der Waals surface area (Å²) in [5, 5.41) is 20.7. The molecule has 0 radical (unpaired) electrons. The Morgan fingerprint density at radius 3 is 2.44 bits per heavy atom. The van der Waals surface area contributed by atoms with Crippen LogP contribution in [0.15, 0.2) is 35.4 Å². The predicted octanol–water partition coefficient (Wildman–Crippen LogP) is 3.64. The molecule has 1 aromatic heterocycles. The van der Waals surface area contributed by atoms with Crippen molar-refractivity contribution in [3.63, 3.8) is 0 Å². The minimum absolute atomic E-state index is 0.0429. The van der Waals surface area contributed by atoms with Gasteiger partial charge in [0.05, 0.1) is 22.9 Å². The van der Waals surface area contributed by atoms with E-state index in [9.17, 15) is 31.6 Å². The molecule has 0 bridgehead atoms. The first-order valence-electron chi connectivity index (χ1n) is 11.6. The Morgan fingerprint density at radius 1 is 1.22 bits per heavy atom. The zero-order valence-electron chi connectivity index (χ0n) is 19.5. The van der Waals surface area contributed by atoms with E-state index in [-0.39, 0.29) is 35.1 Å². The predicted molar refractivity (Wildman–Crippen MR) is 125 cm³/mol. The molecule has 1 heterocycles. The van der Waals surface area contributed by atoms with Crippen LogP contribution in [0.2, 0.25) is 0 Å². The molecule has 13 heteroatoms. The second kappa shape index (κ2) is 9.74. The van der Waals surface area contributed by atoms with Crippen molar-refractivity contribution in [2.75, 3.05) is 5.32 Å². The summed E-state index contributed by atoms with van der Waals surface area (Å²) in [4.78, 5) is 11.1. The van der Waals surface area contributed by atoms with E-state index in [0.717, 1.165) is 30.7 Å². The van der Waals surface area contributed by atoms with Crippen molar-refractivity contribution in [2.45, 2.75) is 67.6 Å². The molecule has 36 heavy (non-hydrogen) atoms. The lowest BCUT2D eigenvalue weighted by Crippen LogP contribution is -2.43. The molecule has 2 aromatic rings. The number of halogens is 3. The Balaban J connectivity index is 1.51. The summed E-state index contributed by atoms with van der Waals surface area (Å²) in [6.07, 6.45) is 6.06. The molecule has 4 N–H and O–H groups in total. The summed E-state index contributed by atoms with van der Waals surface area (Å²) in [5.74, 6) is -0.359. The normalized spacial score (nSPS) is 23.6. The maximum Gasteiger partial charge on any atom is 0.501 e. The zero-order chi connectivity index (χ0) is 26.3. The van der Waals surface area contributed by atoms with E-state index >= 15 is 0 Å². The van der Waals surface area contributed by atoms with Crippen molar-refractivity contribution in [2.24, 2.45) is 17.6 Å². The second-order valence-electron chi connectivity index (χ2n) is 9.44. The van der Waals surface area contributed by atoms with Crippen LogP contribution in [0.3, 0.4) is 0 Å². The molecule has 0 aliphatic heterocycles. The topological polar surface area (TPSA) is 143 Å². The molecule has 9 nitrogen and oxygen atoms in total. The first-order chi connectivity index (χ1) is 16.9. The van der Waals surface area contributed by atoms with E-state index in [1.165, 1.54) is 19.0 Å². The number of alkyl halides is 3. The van der Waals surface area contributed by atoms with E-state index < -0.39 is 26.1 Å². The first kappa shape index (κ1) is 26.0. The van der Waals surface area contributed by atoms with E-state index in [0.29, 0.717) is 24.8 Å². The van der Waals surface area contributed by atoms with Crippen LogP contribution in [0.25, 0.3) is 0 Å². The number of hydrogen-bond donors (Lipinski definition) is 3. The third-order valence-corrected chi connectivity index (χ3v) is 8.38. The van der Waals surface area contributed by atoms with Crippen LogP contribution in [0.5, 0.6) is 0 Å². The molecule has 0 saturated heterocycles. The van der Waals surface area contributed by atoms with Gasteiger partial charge in [-0.25, -0.2) is 8.42 Å². The number of nitrogens with one attached hydrogen (secondary N) is 2. The van der Waals surface area contributed by atoms with Gasteiger partial charge in [-0.3, -0.25) is 9.48 Å². The quantitative estimate of drug-likeness (QED) is 0.478. The number of carbonyl (C=O) groups is 1. The molecular weight excluding hydrogens is 497 g/mol. The Kier molecular flexibility index (Phi) is 7.03. The fraction of sp³-hybridized carbons (Fsp3) is 0.522. The number of hydrogen-bond acceptors (Lipinski definition) is 7. The smallest absolute Gasteiger partial charge is 0.365 e. The largest absolute Gasteiger partial charge is 0.501 e. The molecule has 0 spiro atoms. The van der Waals surface area contributed by atoms with Gasteiger partial charge >= 0.3 is 5.51 Å². The highest BCUT2D eigenvalue weighted by molar-refractivity contribution is 7.92. The van der Waals surface area contributed by atoms with E-state index in [4.69, 9.17) is 5.73 Å². The highest BCUT2D eigenvalue weighted by atomic mass is 32.2. The minimum Gasteiger partial charge on any atom is -0.365 e. The number of nitrogens with two attached hydrogens (primary N) is 1. The SMILES string of the molecule is C[C@@H](N[C@@H]1CC[C@H](n2cc(C(N)=O)c(Nc3ccc(S(=O)(=O)C(F)(F)F)cc3)n2)[C@@H](C#N)C1)C1CC1. The summed E-state index contributed by atoms with van der Waals surface area (Å²) in [6, 6.07) is 6.60. The number of carbonyl (C=O) groups excluding carboxylic acids is 1. The lowest BCUT2D eigenvalue weighted by Gasteiger charge is -2.34. The maximum atomic E-state index is 12.8. The van der Waals surface area contributed by atoms with Gasteiger partial charge in [-0.15, -0.1) is 0 Å². The number of anilines is 2. The monoisotopic (exact) mass is 524 g/mol. The molecule has 2 saturated carbocycles. The highest BCUT2D eigenvalue weighted by Crippen LogP contribution is 2.37. The van der Waals surface area contributed by atoms with Crippen LogP contribution in [0.4, 0.5) is 24.7 Å². The van der Waals surface area contributed by atoms with E-state index in [2.05, 4.69) is 28.7 Å². The molecule has 2 fully saturated rings. The van der Waals surface area contributed by atoms with Gasteiger partial charge < -0.3 is 16.4 Å². The van der Waals surface area contributed by atoms with Gasteiger partial charge in [-0.1, -0.05) is 0 Å². The maximum absolute atomic E-state index is 12.8. The lowest BCUT2D eigenvalue weighted by molar-refractivity contribution is -0.0436. The second-order valence-corrected chi connectivity index (χ2v) is 11.4. The van der Waals surface area contributed by atoms with Crippen molar-refractivity contribution in [1.82, 2.24) is 15.1 Å². The van der Waals surface area contributed by atoms with Crippen molar-refractivity contribution in [1.29, 1.82) is 5.26 Å². The standard InChI is InChI=1S/C23H27F3N6O3S/c1-13(14-2-3-14)29-17-6-9-20(15(10-17)11-27)32-12-19(21(28)33)22(31-32)30-16-4-7-18(8-5-16)36(34,35)23(24,25)26/h4-5,7-8,12-15,17,20,29H,2-3,6,9-10H2,1H3,(H2,28,33)(H,30,31)/t13-,15-,17-,20+/m1/s1. The number of sulfone groups is 1. The zero-order valence-corrected chi connectivity index (χ0v) is 20.3. The number of nitrogens with zero attached hydrogens (tertiary/aromatic N) is 3. The number of nitriles is 1. The Hall–Kier alpha value is -3.11. The molecule has 2 aliphatic carbocycles. The van der Waals surface area contributed by atoms with Crippen LogP contribution >= 0.6 is 0 Å². The number of benzene rings is 1.